The van der Waals surface area contributed by atoms with Crippen molar-refractivity contribution in [2.75, 3.05) is 26.6 Å². The molecule has 0 aliphatic carbocycles. The molecule has 5 nitrogen and oxygen atoms in total. The van der Waals surface area contributed by atoms with Gasteiger partial charge in [0.15, 0.2) is 0 Å². The summed E-state index contributed by atoms with van der Waals surface area (Å²) < 4.78 is 15.5. The number of ether oxygens (including phenoxy) is 3. The van der Waals surface area contributed by atoms with E-state index in [9.17, 15) is 4.79 Å². The van der Waals surface area contributed by atoms with Crippen LogP contribution < -0.4 is 14.8 Å². The number of methoxy groups -OCH3 is 3. The Kier molecular flexibility index (Phi) is 5.38. The molecular formula is C17H19NO4. The summed E-state index contributed by atoms with van der Waals surface area (Å²) in [6.07, 6.45) is 0. The maximum atomic E-state index is 12.5. The van der Waals surface area contributed by atoms with E-state index in [2.05, 4.69) is 5.32 Å². The van der Waals surface area contributed by atoms with Gasteiger partial charge >= 0.3 is 0 Å². The highest BCUT2D eigenvalue weighted by Gasteiger charge is 2.14. The number of nitrogens with one attached hydrogen (secondary N) is 1. The van der Waals surface area contributed by atoms with Crippen molar-refractivity contribution < 1.29 is 19.0 Å². The zero-order chi connectivity index (χ0) is 15.9. The molecule has 0 atom stereocenters. The average Bonchev–Trinajstić information content (AvgIpc) is 2.54. The second-order valence-electron chi connectivity index (χ2n) is 4.65. The fourth-order valence-electron chi connectivity index (χ4n) is 2.10. The van der Waals surface area contributed by atoms with Crippen molar-refractivity contribution >= 4 is 11.6 Å². The normalized spacial score (nSPS) is 10.1. The number of anilines is 1. The Morgan fingerprint density at radius 3 is 2.55 bits per heavy atom. The number of carbonyl (C=O) groups is 1. The standard InChI is InChI=1S/C17H19NO4/c1-20-11-12-5-4-6-13(9-12)18-17(19)15-10-14(21-2)7-8-16(15)22-3/h4-10H,11H2,1-3H3,(H,18,19). The molecule has 0 aliphatic heterocycles. The van der Waals surface area contributed by atoms with Crippen molar-refractivity contribution in [2.45, 2.75) is 6.61 Å². The van der Waals surface area contributed by atoms with Crippen LogP contribution in [0.3, 0.4) is 0 Å². The minimum absolute atomic E-state index is 0.259. The summed E-state index contributed by atoms with van der Waals surface area (Å²) in [7, 11) is 4.71. The third kappa shape index (κ3) is 3.77. The lowest BCUT2D eigenvalue weighted by molar-refractivity contribution is 0.102. The van der Waals surface area contributed by atoms with Gasteiger partial charge in [-0.1, -0.05) is 12.1 Å². The number of benzene rings is 2. The van der Waals surface area contributed by atoms with E-state index in [1.807, 2.05) is 24.3 Å². The van der Waals surface area contributed by atoms with Crippen LogP contribution in [-0.4, -0.2) is 27.2 Å². The molecule has 0 heterocycles. The van der Waals surface area contributed by atoms with Crippen molar-refractivity contribution in [3.63, 3.8) is 0 Å². The summed E-state index contributed by atoms with van der Waals surface area (Å²) in [5.41, 5.74) is 2.10. The average molecular weight is 301 g/mol. The van der Waals surface area contributed by atoms with Crippen molar-refractivity contribution in [2.24, 2.45) is 0 Å². The first-order valence-electron chi connectivity index (χ1n) is 6.79. The first-order valence-corrected chi connectivity index (χ1v) is 6.79. The van der Waals surface area contributed by atoms with Crippen molar-refractivity contribution in [3.8, 4) is 11.5 Å². The molecule has 0 aromatic heterocycles. The van der Waals surface area contributed by atoms with Crippen LogP contribution in [0.5, 0.6) is 11.5 Å². The van der Waals surface area contributed by atoms with Crippen LogP contribution in [0.25, 0.3) is 0 Å². The van der Waals surface area contributed by atoms with E-state index in [0.717, 1.165) is 5.56 Å². The van der Waals surface area contributed by atoms with Crippen LogP contribution in [0.15, 0.2) is 42.5 Å². The van der Waals surface area contributed by atoms with E-state index in [4.69, 9.17) is 14.2 Å². The lowest BCUT2D eigenvalue weighted by Gasteiger charge is -2.11. The summed E-state index contributed by atoms with van der Waals surface area (Å²) >= 11 is 0. The third-order valence-corrected chi connectivity index (χ3v) is 3.15. The molecule has 0 saturated heterocycles. The summed E-state index contributed by atoms with van der Waals surface area (Å²) in [6.45, 7) is 0.492. The van der Waals surface area contributed by atoms with Gasteiger partial charge in [-0.2, -0.15) is 0 Å². The van der Waals surface area contributed by atoms with E-state index >= 15 is 0 Å². The molecular weight excluding hydrogens is 282 g/mol. The van der Waals surface area contributed by atoms with E-state index < -0.39 is 0 Å². The monoisotopic (exact) mass is 301 g/mol. The number of hydrogen-bond acceptors (Lipinski definition) is 4. The molecule has 0 radical (unpaired) electrons. The molecule has 2 aromatic carbocycles. The van der Waals surface area contributed by atoms with E-state index in [-0.39, 0.29) is 5.91 Å². The first kappa shape index (κ1) is 15.9. The number of rotatable bonds is 6. The fraction of sp³-hybridized carbons (Fsp3) is 0.235. The van der Waals surface area contributed by atoms with Gasteiger partial charge in [-0.05, 0) is 35.9 Å². The highest BCUT2D eigenvalue weighted by Crippen LogP contribution is 2.25. The second kappa shape index (κ2) is 7.47. The second-order valence-corrected chi connectivity index (χ2v) is 4.65. The minimum Gasteiger partial charge on any atom is -0.497 e. The van der Waals surface area contributed by atoms with Crippen LogP contribution >= 0.6 is 0 Å². The Morgan fingerprint density at radius 2 is 1.86 bits per heavy atom. The lowest BCUT2D eigenvalue weighted by atomic mass is 10.1. The summed E-state index contributed by atoms with van der Waals surface area (Å²) in [5.74, 6) is 0.829. The maximum Gasteiger partial charge on any atom is 0.259 e. The Labute approximate surface area is 129 Å². The molecule has 2 rings (SSSR count). The summed E-state index contributed by atoms with van der Waals surface area (Å²) in [6, 6.07) is 12.6. The van der Waals surface area contributed by atoms with Crippen LogP contribution in [0.2, 0.25) is 0 Å². The molecule has 0 saturated carbocycles. The SMILES string of the molecule is COCc1cccc(NC(=O)c2cc(OC)ccc2OC)c1. The van der Waals surface area contributed by atoms with Gasteiger partial charge in [-0.15, -0.1) is 0 Å². The van der Waals surface area contributed by atoms with Crippen molar-refractivity contribution in [1.82, 2.24) is 0 Å². The quantitative estimate of drug-likeness (QED) is 0.890. The van der Waals surface area contributed by atoms with Crippen LogP contribution in [-0.2, 0) is 11.3 Å². The predicted molar refractivity (Wildman–Crippen MR) is 84.7 cm³/mol. The topological polar surface area (TPSA) is 56.8 Å². The van der Waals surface area contributed by atoms with E-state index in [1.54, 1.807) is 32.4 Å². The largest absolute Gasteiger partial charge is 0.497 e. The summed E-state index contributed by atoms with van der Waals surface area (Å²) in [5, 5.41) is 2.85. The molecule has 0 spiro atoms. The van der Waals surface area contributed by atoms with Gasteiger partial charge in [-0.3, -0.25) is 4.79 Å². The zero-order valence-electron chi connectivity index (χ0n) is 12.9. The van der Waals surface area contributed by atoms with Crippen LogP contribution in [0.4, 0.5) is 5.69 Å². The highest BCUT2D eigenvalue weighted by molar-refractivity contribution is 6.06. The Bertz CT molecular complexity index is 655. The molecule has 2 aromatic rings. The predicted octanol–water partition coefficient (Wildman–Crippen LogP) is 3.10. The molecule has 116 valence electrons. The molecule has 22 heavy (non-hydrogen) atoms. The number of carbonyl (C=O) groups excluding carboxylic acids is 1. The van der Waals surface area contributed by atoms with Crippen LogP contribution in [0, 0.1) is 0 Å². The van der Waals surface area contributed by atoms with Gasteiger partial charge in [0.1, 0.15) is 11.5 Å². The van der Waals surface area contributed by atoms with E-state index in [0.29, 0.717) is 29.4 Å². The van der Waals surface area contributed by atoms with Gasteiger partial charge in [0.2, 0.25) is 0 Å². The van der Waals surface area contributed by atoms with Gasteiger partial charge in [0.05, 0.1) is 26.4 Å². The Hall–Kier alpha value is -2.53. The van der Waals surface area contributed by atoms with Crippen molar-refractivity contribution in [1.29, 1.82) is 0 Å². The van der Waals surface area contributed by atoms with Gasteiger partial charge < -0.3 is 19.5 Å². The Morgan fingerprint density at radius 1 is 1.05 bits per heavy atom. The highest BCUT2D eigenvalue weighted by atomic mass is 16.5. The molecule has 0 fully saturated rings. The molecule has 1 N–H and O–H groups in total. The molecule has 0 unspecified atom stereocenters. The van der Waals surface area contributed by atoms with Gasteiger partial charge in [-0.25, -0.2) is 0 Å². The van der Waals surface area contributed by atoms with E-state index in [1.165, 1.54) is 7.11 Å². The number of hydrogen-bond donors (Lipinski definition) is 1. The number of amides is 1. The molecule has 1 amide bonds. The lowest BCUT2D eigenvalue weighted by Crippen LogP contribution is -2.13. The van der Waals surface area contributed by atoms with Crippen LogP contribution in [0.1, 0.15) is 15.9 Å². The van der Waals surface area contributed by atoms with Gasteiger partial charge in [0.25, 0.3) is 5.91 Å². The maximum absolute atomic E-state index is 12.5. The Balaban J connectivity index is 2.23. The fourth-order valence-corrected chi connectivity index (χ4v) is 2.10. The molecule has 5 heteroatoms. The third-order valence-electron chi connectivity index (χ3n) is 3.15. The zero-order valence-corrected chi connectivity index (χ0v) is 12.9. The molecule has 0 aliphatic rings. The van der Waals surface area contributed by atoms with Crippen molar-refractivity contribution in [3.05, 3.63) is 53.6 Å². The van der Waals surface area contributed by atoms with Gasteiger partial charge in [0, 0.05) is 12.8 Å². The summed E-state index contributed by atoms with van der Waals surface area (Å²) in [4.78, 5) is 12.5. The first-order chi connectivity index (χ1) is 10.7. The molecule has 0 bridgehead atoms. The minimum atomic E-state index is -0.259. The smallest absolute Gasteiger partial charge is 0.259 e.